The Hall–Kier alpha value is -1.12. The van der Waals surface area contributed by atoms with E-state index in [1.807, 2.05) is 0 Å². The maximum atomic E-state index is 11.9. The predicted molar refractivity (Wildman–Crippen MR) is 75.9 cm³/mol. The lowest BCUT2D eigenvalue weighted by molar-refractivity contribution is 0.0953. The molecule has 0 aliphatic rings. The highest BCUT2D eigenvalue weighted by Gasteiger charge is 2.13. The molecule has 2 N–H and O–H groups in total. The number of hydrogen-bond donors (Lipinski definition) is 2. The lowest BCUT2D eigenvalue weighted by Crippen LogP contribution is -2.33. The molecule has 0 aromatic heterocycles. The van der Waals surface area contributed by atoms with Crippen molar-refractivity contribution in [2.45, 2.75) is 0 Å². The minimum Gasteiger partial charge on any atom is -0.496 e. The third-order valence-electron chi connectivity index (χ3n) is 2.38. The first-order valence-corrected chi connectivity index (χ1v) is 7.87. The van der Waals surface area contributed by atoms with Crippen LogP contribution in [0.5, 0.6) is 5.75 Å². The van der Waals surface area contributed by atoms with Crippen LogP contribution in [0.25, 0.3) is 0 Å². The number of methoxy groups -OCH3 is 1. The molecule has 0 aliphatic heterocycles. The molecule has 0 unspecified atom stereocenters. The van der Waals surface area contributed by atoms with Crippen molar-refractivity contribution in [3.63, 3.8) is 0 Å². The van der Waals surface area contributed by atoms with Gasteiger partial charge in [-0.15, -0.1) is 0 Å². The van der Waals surface area contributed by atoms with Crippen molar-refractivity contribution in [3.05, 3.63) is 28.2 Å². The molecule has 0 saturated carbocycles. The molecule has 6 nitrogen and oxygen atoms in total. The van der Waals surface area contributed by atoms with Crippen LogP contribution in [0.4, 0.5) is 0 Å². The van der Waals surface area contributed by atoms with Crippen molar-refractivity contribution in [1.29, 1.82) is 0 Å². The third kappa shape index (κ3) is 4.81. The number of rotatable bonds is 6. The summed E-state index contributed by atoms with van der Waals surface area (Å²) in [5.74, 6) is -0.132. The molecule has 0 bridgehead atoms. The van der Waals surface area contributed by atoms with Gasteiger partial charge < -0.3 is 10.1 Å². The predicted octanol–water partition coefficient (Wildman–Crippen LogP) is 0.737. The van der Waals surface area contributed by atoms with Crippen molar-refractivity contribution in [2.75, 3.05) is 26.5 Å². The number of carbonyl (C=O) groups excluding carboxylic acids is 1. The number of benzene rings is 1. The third-order valence-corrected chi connectivity index (χ3v) is 4.23. The molecule has 0 atom stereocenters. The van der Waals surface area contributed by atoms with Crippen LogP contribution in [0, 0.1) is 0 Å². The first kappa shape index (κ1) is 15.9. The fourth-order valence-corrected chi connectivity index (χ4v) is 2.26. The molecule has 1 aromatic rings. The van der Waals surface area contributed by atoms with Gasteiger partial charge in [0.2, 0.25) is 10.0 Å². The number of nitrogens with one attached hydrogen (secondary N) is 2. The zero-order chi connectivity index (χ0) is 14.5. The standard InChI is InChI=1S/C11H15BrN2O4S/c1-13-19(16,17)6-5-14-11(15)9-4-3-8(12)7-10(9)18-2/h3-4,7,13H,5-6H2,1-2H3,(H,14,15). The molecule has 1 amide bonds. The summed E-state index contributed by atoms with van der Waals surface area (Å²) in [6.45, 7) is 0.0290. The minimum absolute atomic E-state index is 0.0290. The van der Waals surface area contributed by atoms with Gasteiger partial charge in [0.05, 0.1) is 18.4 Å². The number of sulfonamides is 1. The van der Waals surface area contributed by atoms with Crippen molar-refractivity contribution >= 4 is 31.9 Å². The van der Waals surface area contributed by atoms with Crippen LogP contribution < -0.4 is 14.8 Å². The molecule has 19 heavy (non-hydrogen) atoms. The van der Waals surface area contributed by atoms with Gasteiger partial charge >= 0.3 is 0 Å². The fourth-order valence-electron chi connectivity index (χ4n) is 1.35. The average Bonchev–Trinajstić information content (AvgIpc) is 2.38. The zero-order valence-corrected chi connectivity index (χ0v) is 13.0. The Kier molecular flexibility index (Phi) is 5.77. The number of ether oxygens (including phenoxy) is 1. The Labute approximate surface area is 120 Å². The number of carbonyl (C=O) groups is 1. The van der Waals surface area contributed by atoms with Gasteiger partial charge in [0.15, 0.2) is 0 Å². The van der Waals surface area contributed by atoms with Crippen LogP contribution in [0.2, 0.25) is 0 Å². The van der Waals surface area contributed by atoms with Gasteiger partial charge in [-0.1, -0.05) is 15.9 Å². The van der Waals surface area contributed by atoms with E-state index < -0.39 is 10.0 Å². The van der Waals surface area contributed by atoms with Crippen LogP contribution in [0.1, 0.15) is 10.4 Å². The second kappa shape index (κ2) is 6.88. The molecule has 0 aliphatic carbocycles. The van der Waals surface area contributed by atoms with Gasteiger partial charge in [-0.3, -0.25) is 4.79 Å². The van der Waals surface area contributed by atoms with Crippen LogP contribution in [0.15, 0.2) is 22.7 Å². The maximum Gasteiger partial charge on any atom is 0.255 e. The molecular formula is C11H15BrN2O4S. The molecule has 0 saturated heterocycles. The molecule has 0 fully saturated rings. The second-order valence-electron chi connectivity index (χ2n) is 3.62. The Morgan fingerprint density at radius 3 is 2.68 bits per heavy atom. The smallest absolute Gasteiger partial charge is 0.255 e. The van der Waals surface area contributed by atoms with Gasteiger partial charge in [0.25, 0.3) is 5.91 Å². The van der Waals surface area contributed by atoms with Crippen LogP contribution in [-0.2, 0) is 10.0 Å². The number of amides is 1. The molecular weight excluding hydrogens is 336 g/mol. The van der Waals surface area contributed by atoms with Gasteiger partial charge in [-0.2, -0.15) is 0 Å². The summed E-state index contributed by atoms with van der Waals surface area (Å²) >= 11 is 3.28. The van der Waals surface area contributed by atoms with Gasteiger partial charge in [-0.05, 0) is 25.2 Å². The summed E-state index contributed by atoms with van der Waals surface area (Å²) in [4.78, 5) is 11.9. The van der Waals surface area contributed by atoms with Crippen LogP contribution in [0.3, 0.4) is 0 Å². The molecule has 0 spiro atoms. The summed E-state index contributed by atoms with van der Waals surface area (Å²) in [6, 6.07) is 4.98. The molecule has 0 heterocycles. The minimum atomic E-state index is -3.32. The van der Waals surface area contributed by atoms with E-state index in [9.17, 15) is 13.2 Å². The molecule has 1 rings (SSSR count). The highest BCUT2D eigenvalue weighted by molar-refractivity contribution is 9.10. The van der Waals surface area contributed by atoms with Gasteiger partial charge in [0, 0.05) is 11.0 Å². The van der Waals surface area contributed by atoms with E-state index in [4.69, 9.17) is 4.74 Å². The average molecular weight is 351 g/mol. The summed E-state index contributed by atoms with van der Waals surface area (Å²) in [5, 5.41) is 2.53. The van der Waals surface area contributed by atoms with E-state index in [1.165, 1.54) is 14.2 Å². The summed E-state index contributed by atoms with van der Waals surface area (Å²) in [6.07, 6.45) is 0. The highest BCUT2D eigenvalue weighted by Crippen LogP contribution is 2.23. The largest absolute Gasteiger partial charge is 0.496 e. The quantitative estimate of drug-likeness (QED) is 0.792. The highest BCUT2D eigenvalue weighted by atomic mass is 79.9. The Morgan fingerprint density at radius 2 is 2.11 bits per heavy atom. The van der Waals surface area contributed by atoms with E-state index >= 15 is 0 Å². The van der Waals surface area contributed by atoms with Crippen molar-refractivity contribution in [2.24, 2.45) is 0 Å². The second-order valence-corrected chi connectivity index (χ2v) is 6.59. The normalized spacial score (nSPS) is 11.1. The maximum absolute atomic E-state index is 11.9. The summed E-state index contributed by atoms with van der Waals surface area (Å²) < 4.78 is 30.4. The van der Waals surface area contributed by atoms with Gasteiger partial charge in [-0.25, -0.2) is 13.1 Å². The van der Waals surface area contributed by atoms with Crippen LogP contribution in [-0.4, -0.2) is 40.8 Å². The zero-order valence-electron chi connectivity index (χ0n) is 10.6. The van der Waals surface area contributed by atoms with Crippen molar-refractivity contribution in [3.8, 4) is 5.75 Å². The van der Waals surface area contributed by atoms with Gasteiger partial charge in [0.1, 0.15) is 5.75 Å². The van der Waals surface area contributed by atoms with Crippen LogP contribution >= 0.6 is 15.9 Å². The first-order valence-electron chi connectivity index (χ1n) is 5.42. The van der Waals surface area contributed by atoms with E-state index in [2.05, 4.69) is 26.0 Å². The lowest BCUT2D eigenvalue weighted by Gasteiger charge is -2.09. The van der Waals surface area contributed by atoms with E-state index in [0.29, 0.717) is 11.3 Å². The molecule has 106 valence electrons. The monoisotopic (exact) mass is 350 g/mol. The summed E-state index contributed by atoms with van der Waals surface area (Å²) in [5.41, 5.74) is 0.354. The number of halogens is 1. The van der Waals surface area contributed by atoms with Crippen molar-refractivity contribution in [1.82, 2.24) is 10.0 Å². The SMILES string of the molecule is CNS(=O)(=O)CCNC(=O)c1ccc(Br)cc1OC. The molecule has 0 radical (unpaired) electrons. The molecule has 8 heteroatoms. The summed E-state index contributed by atoms with van der Waals surface area (Å²) in [7, 11) is -0.533. The number of hydrogen-bond acceptors (Lipinski definition) is 4. The Morgan fingerprint density at radius 1 is 1.42 bits per heavy atom. The van der Waals surface area contributed by atoms with Crippen molar-refractivity contribution < 1.29 is 17.9 Å². The topological polar surface area (TPSA) is 84.5 Å². The fraction of sp³-hybridized carbons (Fsp3) is 0.364. The first-order chi connectivity index (χ1) is 8.89. The lowest BCUT2D eigenvalue weighted by atomic mass is 10.2. The van der Waals surface area contributed by atoms with E-state index in [1.54, 1.807) is 18.2 Å². The van der Waals surface area contributed by atoms with E-state index in [0.717, 1.165) is 4.47 Å². The molecule has 1 aromatic carbocycles. The Balaban J connectivity index is 2.69. The Bertz CT molecular complexity index is 560. The van der Waals surface area contributed by atoms with E-state index in [-0.39, 0.29) is 18.2 Å².